The molecule has 2 heterocycles. The van der Waals surface area contributed by atoms with Gasteiger partial charge in [-0.1, -0.05) is 0 Å². The van der Waals surface area contributed by atoms with Crippen LogP contribution in [0.3, 0.4) is 0 Å². The van der Waals surface area contributed by atoms with Crippen molar-refractivity contribution >= 4 is 44.9 Å². The molecule has 1 aromatic heterocycles. The molecule has 1 N–H and O–H groups in total. The van der Waals surface area contributed by atoms with Crippen LogP contribution in [0.5, 0.6) is 0 Å². The molecule has 1 saturated heterocycles. The van der Waals surface area contributed by atoms with Gasteiger partial charge < -0.3 is 5.32 Å². The summed E-state index contributed by atoms with van der Waals surface area (Å²) in [5, 5.41) is 4.91. The van der Waals surface area contributed by atoms with Crippen LogP contribution in [0.1, 0.15) is 16.8 Å². The van der Waals surface area contributed by atoms with Gasteiger partial charge in [0.2, 0.25) is 0 Å². The van der Waals surface area contributed by atoms with E-state index in [2.05, 4.69) is 21.2 Å². The number of thiophene rings is 1. The van der Waals surface area contributed by atoms with Crippen molar-refractivity contribution in [3.05, 3.63) is 20.8 Å². The minimum Gasteiger partial charge on any atom is -0.348 e. The minimum atomic E-state index is 0.0550. The Morgan fingerprint density at radius 2 is 2.50 bits per heavy atom. The molecule has 1 unspecified atom stereocenters. The number of carbonyl (C=O) groups is 1. The first-order valence-corrected chi connectivity index (χ1v) is 7.21. The highest BCUT2D eigenvalue weighted by molar-refractivity contribution is 9.11. The van der Waals surface area contributed by atoms with Gasteiger partial charge in [0.15, 0.2) is 0 Å². The highest BCUT2D eigenvalue weighted by Gasteiger charge is 2.18. The molecule has 0 aromatic carbocycles. The van der Waals surface area contributed by atoms with Crippen molar-refractivity contribution in [2.45, 2.75) is 12.5 Å². The molecule has 1 aliphatic heterocycles. The van der Waals surface area contributed by atoms with Crippen molar-refractivity contribution in [3.63, 3.8) is 0 Å². The standard InChI is InChI=1S/C9H10BrNOS2/c10-8-3-6(4-14-8)9(12)11-7-1-2-13-5-7/h3-4,7H,1-2,5H2,(H,11,12). The van der Waals surface area contributed by atoms with E-state index in [1.54, 1.807) is 11.3 Å². The van der Waals surface area contributed by atoms with Gasteiger partial charge in [0, 0.05) is 17.2 Å². The predicted octanol–water partition coefficient (Wildman–Crippen LogP) is 2.75. The van der Waals surface area contributed by atoms with Crippen LogP contribution >= 0.6 is 39.0 Å². The van der Waals surface area contributed by atoms with Crippen molar-refractivity contribution in [2.24, 2.45) is 0 Å². The molecule has 1 fully saturated rings. The summed E-state index contributed by atoms with van der Waals surface area (Å²) in [6.07, 6.45) is 1.10. The second-order valence-electron chi connectivity index (χ2n) is 3.17. The fourth-order valence-corrected chi connectivity index (χ4v) is 3.64. The van der Waals surface area contributed by atoms with Gasteiger partial charge >= 0.3 is 0 Å². The van der Waals surface area contributed by atoms with Gasteiger partial charge in [0.05, 0.1) is 9.35 Å². The Balaban J connectivity index is 1.95. The van der Waals surface area contributed by atoms with Crippen molar-refractivity contribution in [1.29, 1.82) is 0 Å². The predicted molar refractivity (Wildman–Crippen MR) is 65.2 cm³/mol. The van der Waals surface area contributed by atoms with Crippen molar-refractivity contribution in [1.82, 2.24) is 5.32 Å². The fourth-order valence-electron chi connectivity index (χ4n) is 1.35. The maximum atomic E-state index is 11.7. The minimum absolute atomic E-state index is 0.0550. The van der Waals surface area contributed by atoms with Crippen molar-refractivity contribution < 1.29 is 4.79 Å². The molecular weight excluding hydrogens is 282 g/mol. The van der Waals surface area contributed by atoms with Crippen LogP contribution in [-0.2, 0) is 0 Å². The maximum Gasteiger partial charge on any atom is 0.252 e. The Kier molecular flexibility index (Phi) is 3.52. The second-order valence-corrected chi connectivity index (χ2v) is 6.61. The van der Waals surface area contributed by atoms with E-state index in [0.717, 1.165) is 27.3 Å². The molecule has 1 atom stereocenters. The first kappa shape index (κ1) is 10.5. The summed E-state index contributed by atoms with van der Waals surface area (Å²) in [4.78, 5) is 11.7. The topological polar surface area (TPSA) is 29.1 Å². The van der Waals surface area contributed by atoms with Gasteiger partial charge in [-0.3, -0.25) is 4.79 Å². The van der Waals surface area contributed by atoms with E-state index in [0.29, 0.717) is 6.04 Å². The summed E-state index contributed by atoms with van der Waals surface area (Å²) < 4.78 is 1.00. The van der Waals surface area contributed by atoms with E-state index < -0.39 is 0 Å². The molecule has 0 radical (unpaired) electrons. The van der Waals surface area contributed by atoms with Gasteiger partial charge in [-0.15, -0.1) is 11.3 Å². The number of carbonyl (C=O) groups excluding carboxylic acids is 1. The van der Waals surface area contributed by atoms with E-state index in [9.17, 15) is 4.79 Å². The van der Waals surface area contributed by atoms with Crippen molar-refractivity contribution in [2.75, 3.05) is 11.5 Å². The van der Waals surface area contributed by atoms with Gasteiger partial charge in [0.25, 0.3) is 5.91 Å². The second kappa shape index (κ2) is 4.68. The molecule has 0 bridgehead atoms. The average molecular weight is 292 g/mol. The number of hydrogen-bond donors (Lipinski definition) is 1. The third-order valence-electron chi connectivity index (χ3n) is 2.09. The summed E-state index contributed by atoms with van der Waals surface area (Å²) in [5.41, 5.74) is 0.763. The van der Waals surface area contributed by atoms with Crippen LogP contribution < -0.4 is 5.32 Å². The summed E-state index contributed by atoms with van der Waals surface area (Å²) in [5.74, 6) is 2.27. The Morgan fingerprint density at radius 1 is 1.64 bits per heavy atom. The van der Waals surface area contributed by atoms with Crippen LogP contribution in [0.15, 0.2) is 15.2 Å². The fraction of sp³-hybridized carbons (Fsp3) is 0.444. The molecule has 14 heavy (non-hydrogen) atoms. The van der Waals surface area contributed by atoms with E-state index in [4.69, 9.17) is 0 Å². The molecule has 0 saturated carbocycles. The Labute approximate surface area is 99.6 Å². The molecule has 2 nitrogen and oxygen atoms in total. The highest BCUT2D eigenvalue weighted by Crippen LogP contribution is 2.22. The summed E-state index contributed by atoms with van der Waals surface area (Å²) in [6, 6.07) is 2.23. The Bertz CT molecular complexity index is 333. The third-order valence-corrected chi connectivity index (χ3v) is 4.76. The molecule has 1 aliphatic rings. The third kappa shape index (κ3) is 2.52. The molecular formula is C9H10BrNOS2. The first-order chi connectivity index (χ1) is 6.75. The van der Waals surface area contributed by atoms with E-state index in [1.165, 1.54) is 0 Å². The molecule has 0 aliphatic carbocycles. The van der Waals surface area contributed by atoms with Crippen LogP contribution in [0.25, 0.3) is 0 Å². The lowest BCUT2D eigenvalue weighted by Crippen LogP contribution is -2.34. The molecule has 76 valence electrons. The smallest absolute Gasteiger partial charge is 0.252 e. The van der Waals surface area contributed by atoms with E-state index >= 15 is 0 Å². The number of nitrogens with one attached hydrogen (secondary N) is 1. The lowest BCUT2D eigenvalue weighted by molar-refractivity contribution is 0.0941. The van der Waals surface area contributed by atoms with Crippen LogP contribution in [0.2, 0.25) is 0 Å². The number of thioether (sulfide) groups is 1. The first-order valence-electron chi connectivity index (χ1n) is 4.38. The monoisotopic (exact) mass is 291 g/mol. The quantitative estimate of drug-likeness (QED) is 0.908. The zero-order valence-electron chi connectivity index (χ0n) is 7.46. The SMILES string of the molecule is O=C(NC1CCSC1)c1csc(Br)c1. The normalized spacial score (nSPS) is 21.1. The summed E-state index contributed by atoms with van der Waals surface area (Å²) in [7, 11) is 0. The van der Waals surface area contributed by atoms with Gasteiger partial charge in [-0.25, -0.2) is 0 Å². The molecule has 1 aromatic rings. The van der Waals surface area contributed by atoms with Gasteiger partial charge in [-0.2, -0.15) is 11.8 Å². The number of hydrogen-bond acceptors (Lipinski definition) is 3. The number of rotatable bonds is 2. The summed E-state index contributed by atoms with van der Waals surface area (Å²) in [6.45, 7) is 0. The van der Waals surface area contributed by atoms with Crippen LogP contribution in [-0.4, -0.2) is 23.5 Å². The summed E-state index contributed by atoms with van der Waals surface area (Å²) >= 11 is 6.79. The lowest BCUT2D eigenvalue weighted by atomic mass is 10.2. The van der Waals surface area contributed by atoms with Crippen LogP contribution in [0, 0.1) is 0 Å². The zero-order chi connectivity index (χ0) is 9.97. The lowest BCUT2D eigenvalue weighted by Gasteiger charge is -2.09. The largest absolute Gasteiger partial charge is 0.348 e. The van der Waals surface area contributed by atoms with Gasteiger partial charge in [0.1, 0.15) is 0 Å². The van der Waals surface area contributed by atoms with E-state index in [1.807, 2.05) is 23.2 Å². The number of amides is 1. The Hall–Kier alpha value is -0.000000000000000111. The zero-order valence-corrected chi connectivity index (χ0v) is 10.7. The average Bonchev–Trinajstić information content (AvgIpc) is 2.75. The van der Waals surface area contributed by atoms with Crippen molar-refractivity contribution in [3.8, 4) is 0 Å². The molecule has 5 heteroatoms. The molecule has 2 rings (SSSR count). The molecule has 0 spiro atoms. The molecule has 1 amide bonds. The number of halogens is 1. The van der Waals surface area contributed by atoms with Gasteiger partial charge in [-0.05, 0) is 34.2 Å². The van der Waals surface area contributed by atoms with Crippen LogP contribution in [0.4, 0.5) is 0 Å². The maximum absolute atomic E-state index is 11.7. The van der Waals surface area contributed by atoms with E-state index in [-0.39, 0.29) is 5.91 Å². The Morgan fingerprint density at radius 3 is 3.07 bits per heavy atom. The highest BCUT2D eigenvalue weighted by atomic mass is 79.9.